The SMILES string of the molecule is COc1cc(N)cc(-c2n[nH]c3ccc(O[C@H](C)c4c(Cl)cncc4Cl)cc23)c1. The number of aromatic amines is 1. The fourth-order valence-electron chi connectivity index (χ4n) is 3.24. The van der Waals surface area contributed by atoms with Gasteiger partial charge in [0.15, 0.2) is 0 Å². The van der Waals surface area contributed by atoms with Gasteiger partial charge in [0, 0.05) is 40.7 Å². The van der Waals surface area contributed by atoms with E-state index in [0.29, 0.717) is 32.8 Å². The number of nitrogens with two attached hydrogens (primary N) is 1. The first-order valence-corrected chi connectivity index (χ1v) is 9.60. The Hall–Kier alpha value is -2.96. The van der Waals surface area contributed by atoms with Crippen molar-refractivity contribution in [2.75, 3.05) is 12.8 Å². The number of benzene rings is 2. The molecule has 0 amide bonds. The van der Waals surface area contributed by atoms with E-state index < -0.39 is 0 Å². The lowest BCUT2D eigenvalue weighted by Crippen LogP contribution is -2.05. The molecule has 0 aliphatic carbocycles. The summed E-state index contributed by atoms with van der Waals surface area (Å²) in [6.07, 6.45) is 2.73. The Balaban J connectivity index is 1.71. The number of nitrogens with one attached hydrogen (secondary N) is 1. The van der Waals surface area contributed by atoms with Crippen LogP contribution in [-0.2, 0) is 0 Å². The van der Waals surface area contributed by atoms with Gasteiger partial charge in [-0.1, -0.05) is 23.2 Å². The number of fused-ring (bicyclic) bond motifs is 1. The number of rotatable bonds is 5. The van der Waals surface area contributed by atoms with E-state index in [0.717, 1.165) is 22.2 Å². The van der Waals surface area contributed by atoms with Crippen molar-refractivity contribution in [2.45, 2.75) is 13.0 Å². The number of methoxy groups -OCH3 is 1. The summed E-state index contributed by atoms with van der Waals surface area (Å²) in [5.41, 5.74) is 9.76. The summed E-state index contributed by atoms with van der Waals surface area (Å²) in [5, 5.41) is 9.30. The third-order valence-electron chi connectivity index (χ3n) is 4.58. The molecule has 0 unspecified atom stereocenters. The molecule has 6 nitrogen and oxygen atoms in total. The second kappa shape index (κ2) is 7.81. The molecule has 0 aliphatic rings. The topological polar surface area (TPSA) is 86.0 Å². The molecular weight excluding hydrogens is 411 g/mol. The van der Waals surface area contributed by atoms with Crippen LogP contribution in [0.5, 0.6) is 11.5 Å². The van der Waals surface area contributed by atoms with Gasteiger partial charge >= 0.3 is 0 Å². The van der Waals surface area contributed by atoms with Gasteiger partial charge in [0.05, 0.1) is 22.7 Å². The van der Waals surface area contributed by atoms with Gasteiger partial charge < -0.3 is 15.2 Å². The normalized spacial score (nSPS) is 12.1. The number of nitrogens with zero attached hydrogens (tertiary/aromatic N) is 2. The van der Waals surface area contributed by atoms with E-state index in [9.17, 15) is 0 Å². The molecule has 0 bridgehead atoms. The average Bonchev–Trinajstić information content (AvgIpc) is 3.10. The number of hydrogen-bond donors (Lipinski definition) is 2. The summed E-state index contributed by atoms with van der Waals surface area (Å²) in [5.74, 6) is 1.33. The van der Waals surface area contributed by atoms with Gasteiger partial charge in [-0.05, 0) is 37.3 Å². The van der Waals surface area contributed by atoms with Crippen molar-refractivity contribution in [3.63, 3.8) is 0 Å². The zero-order valence-corrected chi connectivity index (χ0v) is 17.3. The van der Waals surface area contributed by atoms with Crippen LogP contribution in [-0.4, -0.2) is 22.3 Å². The number of aromatic nitrogens is 3. The highest BCUT2D eigenvalue weighted by atomic mass is 35.5. The lowest BCUT2D eigenvalue weighted by atomic mass is 10.1. The lowest BCUT2D eigenvalue weighted by Gasteiger charge is -2.17. The molecule has 148 valence electrons. The summed E-state index contributed by atoms with van der Waals surface area (Å²) in [6.45, 7) is 1.89. The number of halogens is 2. The van der Waals surface area contributed by atoms with Crippen molar-refractivity contribution in [1.29, 1.82) is 0 Å². The van der Waals surface area contributed by atoms with E-state index in [1.807, 2.05) is 37.3 Å². The summed E-state index contributed by atoms with van der Waals surface area (Å²) in [7, 11) is 1.60. The number of anilines is 1. The fraction of sp³-hybridized carbons (Fsp3) is 0.143. The molecule has 0 radical (unpaired) electrons. The van der Waals surface area contributed by atoms with Crippen molar-refractivity contribution < 1.29 is 9.47 Å². The van der Waals surface area contributed by atoms with Crippen LogP contribution in [0.1, 0.15) is 18.6 Å². The first-order valence-electron chi connectivity index (χ1n) is 8.85. The number of hydrogen-bond acceptors (Lipinski definition) is 5. The second-order valence-corrected chi connectivity index (χ2v) is 7.37. The van der Waals surface area contributed by atoms with Crippen molar-refractivity contribution in [3.8, 4) is 22.8 Å². The molecule has 4 rings (SSSR count). The van der Waals surface area contributed by atoms with Crippen molar-refractivity contribution >= 4 is 39.8 Å². The van der Waals surface area contributed by atoms with E-state index in [4.69, 9.17) is 38.4 Å². The van der Waals surface area contributed by atoms with E-state index >= 15 is 0 Å². The molecule has 4 aromatic rings. The van der Waals surface area contributed by atoms with E-state index in [1.54, 1.807) is 25.6 Å². The van der Waals surface area contributed by atoms with Gasteiger partial charge in [0.25, 0.3) is 0 Å². The summed E-state index contributed by atoms with van der Waals surface area (Å²) in [6, 6.07) is 11.2. The smallest absolute Gasteiger partial charge is 0.124 e. The van der Waals surface area contributed by atoms with Gasteiger partial charge in [-0.3, -0.25) is 10.1 Å². The molecule has 0 fully saturated rings. The number of H-pyrrole nitrogens is 1. The predicted octanol–water partition coefficient (Wildman–Crippen LogP) is 5.66. The molecular formula is C21H18Cl2N4O2. The van der Waals surface area contributed by atoms with Crippen molar-refractivity contribution in [3.05, 3.63) is 64.4 Å². The Morgan fingerprint density at radius 2 is 1.79 bits per heavy atom. The van der Waals surface area contributed by atoms with Crippen LogP contribution >= 0.6 is 23.2 Å². The Kier molecular flexibility index (Phi) is 5.22. The van der Waals surface area contributed by atoms with Gasteiger partial charge in [-0.25, -0.2) is 0 Å². The number of ether oxygens (including phenoxy) is 2. The molecule has 0 saturated carbocycles. The van der Waals surface area contributed by atoms with Crippen LogP contribution < -0.4 is 15.2 Å². The molecule has 0 spiro atoms. The van der Waals surface area contributed by atoms with Gasteiger partial charge in [0.1, 0.15) is 23.3 Å². The predicted molar refractivity (Wildman–Crippen MR) is 116 cm³/mol. The van der Waals surface area contributed by atoms with E-state index in [-0.39, 0.29) is 6.10 Å². The third kappa shape index (κ3) is 3.81. The quantitative estimate of drug-likeness (QED) is 0.400. The maximum atomic E-state index is 6.25. The number of nitrogen functional groups attached to an aromatic ring is 1. The lowest BCUT2D eigenvalue weighted by molar-refractivity contribution is 0.227. The van der Waals surface area contributed by atoms with Gasteiger partial charge in [-0.2, -0.15) is 5.10 Å². The van der Waals surface area contributed by atoms with Crippen LogP contribution in [0.4, 0.5) is 5.69 Å². The standard InChI is InChI=1S/C21H18Cl2N4O2/c1-11(20-17(22)9-25-10-18(20)23)29-14-3-4-19-16(8-14)21(27-26-19)12-5-13(24)7-15(6-12)28-2/h3-11H,24H2,1-2H3,(H,26,27)/t11-/m1/s1. The van der Waals surface area contributed by atoms with E-state index in [2.05, 4.69) is 15.2 Å². The van der Waals surface area contributed by atoms with E-state index in [1.165, 1.54) is 0 Å². The monoisotopic (exact) mass is 428 g/mol. The second-order valence-electron chi connectivity index (χ2n) is 6.55. The molecule has 29 heavy (non-hydrogen) atoms. The molecule has 2 aromatic carbocycles. The van der Waals surface area contributed by atoms with Crippen LogP contribution in [0.25, 0.3) is 22.2 Å². The third-order valence-corrected chi connectivity index (χ3v) is 5.18. The first-order chi connectivity index (χ1) is 14.0. The molecule has 0 saturated heterocycles. The minimum Gasteiger partial charge on any atom is -0.497 e. The van der Waals surface area contributed by atoms with Crippen LogP contribution in [0, 0.1) is 0 Å². The maximum Gasteiger partial charge on any atom is 0.124 e. The molecule has 1 atom stereocenters. The zero-order valence-electron chi connectivity index (χ0n) is 15.7. The summed E-state index contributed by atoms with van der Waals surface area (Å²) in [4.78, 5) is 3.98. The Bertz CT molecular complexity index is 1170. The minimum absolute atomic E-state index is 0.363. The Morgan fingerprint density at radius 3 is 2.52 bits per heavy atom. The molecule has 2 aromatic heterocycles. The van der Waals surface area contributed by atoms with Crippen LogP contribution in [0.2, 0.25) is 10.0 Å². The largest absolute Gasteiger partial charge is 0.497 e. The molecule has 2 heterocycles. The summed E-state index contributed by atoms with van der Waals surface area (Å²) < 4.78 is 11.4. The van der Waals surface area contributed by atoms with Crippen molar-refractivity contribution in [1.82, 2.24) is 15.2 Å². The minimum atomic E-state index is -0.363. The molecule has 0 aliphatic heterocycles. The van der Waals surface area contributed by atoms with Gasteiger partial charge in [0.2, 0.25) is 0 Å². The Labute approximate surface area is 177 Å². The maximum absolute atomic E-state index is 6.25. The molecule has 3 N–H and O–H groups in total. The highest BCUT2D eigenvalue weighted by Crippen LogP contribution is 2.35. The van der Waals surface area contributed by atoms with Crippen LogP contribution in [0.3, 0.4) is 0 Å². The summed E-state index contributed by atoms with van der Waals surface area (Å²) >= 11 is 12.5. The average molecular weight is 429 g/mol. The highest BCUT2D eigenvalue weighted by Gasteiger charge is 2.17. The number of pyridine rings is 1. The highest BCUT2D eigenvalue weighted by molar-refractivity contribution is 6.35. The van der Waals surface area contributed by atoms with Crippen LogP contribution in [0.15, 0.2) is 48.8 Å². The fourth-order valence-corrected chi connectivity index (χ4v) is 3.91. The van der Waals surface area contributed by atoms with Crippen molar-refractivity contribution in [2.24, 2.45) is 0 Å². The Morgan fingerprint density at radius 1 is 1.03 bits per heavy atom. The van der Waals surface area contributed by atoms with Gasteiger partial charge in [-0.15, -0.1) is 0 Å². The first kappa shape index (κ1) is 19.4. The molecule has 8 heteroatoms. The zero-order chi connectivity index (χ0) is 20.5.